The van der Waals surface area contributed by atoms with Crippen molar-refractivity contribution < 1.29 is 19.1 Å². The van der Waals surface area contributed by atoms with Gasteiger partial charge in [0.2, 0.25) is 0 Å². The van der Waals surface area contributed by atoms with Crippen LogP contribution in [0.25, 0.3) is 0 Å². The van der Waals surface area contributed by atoms with Gasteiger partial charge in [-0.1, -0.05) is 26.0 Å². The Bertz CT molecular complexity index is 654. The van der Waals surface area contributed by atoms with Gasteiger partial charge in [0.25, 0.3) is 5.91 Å². The Kier molecular flexibility index (Phi) is 7.00. The van der Waals surface area contributed by atoms with Crippen LogP contribution < -0.4 is 10.6 Å². The van der Waals surface area contributed by atoms with Crippen LogP contribution in [0, 0.1) is 5.92 Å². The van der Waals surface area contributed by atoms with Gasteiger partial charge in [0.05, 0.1) is 18.4 Å². The Hall–Kier alpha value is -2.57. The molecule has 2 N–H and O–H groups in total. The van der Waals surface area contributed by atoms with E-state index in [0.717, 1.165) is 32.4 Å². The molecule has 1 aromatic rings. The topological polar surface area (TPSA) is 87.7 Å². The second-order valence-electron chi connectivity index (χ2n) is 6.74. The highest BCUT2D eigenvalue weighted by Crippen LogP contribution is 2.20. The maximum Gasteiger partial charge on any atom is 0.328 e. The van der Waals surface area contributed by atoms with E-state index in [4.69, 9.17) is 4.74 Å². The van der Waals surface area contributed by atoms with Crippen LogP contribution in [0.5, 0.6) is 0 Å². The van der Waals surface area contributed by atoms with E-state index >= 15 is 0 Å². The minimum Gasteiger partial charge on any atom is -0.467 e. The molecular formula is C19H27N3O4. The first-order chi connectivity index (χ1) is 12.4. The molecule has 1 heterocycles. The Morgan fingerprint density at radius 1 is 1.08 bits per heavy atom. The van der Waals surface area contributed by atoms with Crippen molar-refractivity contribution in [2.75, 3.05) is 25.5 Å². The summed E-state index contributed by atoms with van der Waals surface area (Å²) in [5.41, 5.74) is 0.872. The summed E-state index contributed by atoms with van der Waals surface area (Å²) >= 11 is 0. The average molecular weight is 361 g/mol. The number of piperidine rings is 1. The van der Waals surface area contributed by atoms with E-state index in [-0.39, 0.29) is 11.8 Å². The lowest BCUT2D eigenvalue weighted by molar-refractivity contribution is -0.143. The van der Waals surface area contributed by atoms with Crippen LogP contribution in [0.1, 0.15) is 43.5 Å². The third kappa shape index (κ3) is 4.97. The molecule has 0 aromatic heterocycles. The Labute approximate surface area is 154 Å². The van der Waals surface area contributed by atoms with Crippen LogP contribution in [0.3, 0.4) is 0 Å². The van der Waals surface area contributed by atoms with E-state index in [1.54, 1.807) is 24.3 Å². The minimum absolute atomic E-state index is 0.0889. The largest absolute Gasteiger partial charge is 0.467 e. The van der Waals surface area contributed by atoms with Gasteiger partial charge in [0.1, 0.15) is 6.04 Å². The molecule has 1 saturated heterocycles. The summed E-state index contributed by atoms with van der Waals surface area (Å²) in [7, 11) is 1.28. The molecule has 1 atom stereocenters. The smallest absolute Gasteiger partial charge is 0.328 e. The number of carbonyl (C=O) groups is 3. The van der Waals surface area contributed by atoms with Crippen LogP contribution in [0.4, 0.5) is 10.5 Å². The number of hydrogen-bond donors (Lipinski definition) is 2. The number of nitrogens with one attached hydrogen (secondary N) is 2. The van der Waals surface area contributed by atoms with Gasteiger partial charge in [-0.25, -0.2) is 9.59 Å². The second kappa shape index (κ2) is 9.22. The number of hydrogen-bond acceptors (Lipinski definition) is 4. The Morgan fingerprint density at radius 3 is 2.35 bits per heavy atom. The number of benzene rings is 1. The number of rotatable bonds is 5. The summed E-state index contributed by atoms with van der Waals surface area (Å²) < 4.78 is 4.72. The fourth-order valence-corrected chi connectivity index (χ4v) is 2.97. The van der Waals surface area contributed by atoms with Crippen molar-refractivity contribution in [2.45, 2.75) is 39.2 Å². The third-order valence-electron chi connectivity index (χ3n) is 4.46. The lowest BCUT2D eigenvalue weighted by Crippen LogP contribution is -2.47. The highest BCUT2D eigenvalue weighted by Gasteiger charge is 2.26. The molecule has 1 fully saturated rings. The molecule has 1 aromatic carbocycles. The van der Waals surface area contributed by atoms with E-state index in [1.807, 2.05) is 18.7 Å². The number of likely N-dealkylation sites (tertiary alicyclic amines) is 1. The number of anilines is 1. The van der Waals surface area contributed by atoms with Crippen molar-refractivity contribution in [3.05, 3.63) is 29.8 Å². The quantitative estimate of drug-likeness (QED) is 0.789. The molecule has 0 radical (unpaired) electrons. The van der Waals surface area contributed by atoms with Gasteiger partial charge in [-0.05, 0) is 37.3 Å². The van der Waals surface area contributed by atoms with Crippen LogP contribution >= 0.6 is 0 Å². The number of esters is 1. The van der Waals surface area contributed by atoms with Crippen LogP contribution in [-0.4, -0.2) is 49.0 Å². The summed E-state index contributed by atoms with van der Waals surface area (Å²) in [6, 6.07) is 5.60. The molecule has 1 unspecified atom stereocenters. The zero-order chi connectivity index (χ0) is 19.1. The maximum absolute atomic E-state index is 12.8. The summed E-state index contributed by atoms with van der Waals surface area (Å²) in [6.45, 7) is 5.10. The second-order valence-corrected chi connectivity index (χ2v) is 6.74. The van der Waals surface area contributed by atoms with Gasteiger partial charge in [-0.15, -0.1) is 0 Å². The lowest BCUT2D eigenvalue weighted by Gasteiger charge is -2.27. The SMILES string of the molecule is COC(=O)C(NC(=O)Nc1ccccc1C(=O)N1CCCCC1)C(C)C. The number of methoxy groups -OCH3 is 1. The molecule has 0 spiro atoms. The monoisotopic (exact) mass is 361 g/mol. The molecule has 142 valence electrons. The molecule has 3 amide bonds. The molecule has 7 heteroatoms. The van der Waals surface area contributed by atoms with Crippen molar-refractivity contribution in [2.24, 2.45) is 5.92 Å². The average Bonchev–Trinajstić information content (AvgIpc) is 2.66. The molecular weight excluding hydrogens is 334 g/mol. The standard InChI is InChI=1S/C19H27N3O4/c1-13(2)16(18(24)26-3)21-19(25)20-15-10-6-5-9-14(15)17(23)22-11-7-4-8-12-22/h5-6,9-10,13,16H,4,7-8,11-12H2,1-3H3,(H2,20,21,25). The predicted octanol–water partition coefficient (Wildman–Crippen LogP) is 2.63. The summed E-state index contributed by atoms with van der Waals surface area (Å²) in [6.07, 6.45) is 3.13. The van der Waals surface area contributed by atoms with Crippen LogP contribution in [-0.2, 0) is 9.53 Å². The highest BCUT2D eigenvalue weighted by atomic mass is 16.5. The molecule has 1 aliphatic rings. The number of para-hydroxylation sites is 1. The number of nitrogens with zero attached hydrogens (tertiary/aromatic N) is 1. The van der Waals surface area contributed by atoms with Gasteiger partial charge in [-0.2, -0.15) is 0 Å². The number of carbonyl (C=O) groups excluding carboxylic acids is 3. The molecule has 7 nitrogen and oxygen atoms in total. The fraction of sp³-hybridized carbons (Fsp3) is 0.526. The van der Waals surface area contributed by atoms with Crippen molar-refractivity contribution >= 4 is 23.6 Å². The molecule has 0 aliphatic carbocycles. The molecule has 1 aliphatic heterocycles. The van der Waals surface area contributed by atoms with Gasteiger partial charge in [0, 0.05) is 13.1 Å². The predicted molar refractivity (Wildman–Crippen MR) is 99.0 cm³/mol. The first-order valence-corrected chi connectivity index (χ1v) is 8.97. The van der Waals surface area contributed by atoms with E-state index in [1.165, 1.54) is 7.11 Å². The molecule has 26 heavy (non-hydrogen) atoms. The Morgan fingerprint density at radius 2 is 1.73 bits per heavy atom. The molecule has 2 rings (SSSR count). The number of ether oxygens (including phenoxy) is 1. The summed E-state index contributed by atoms with van der Waals surface area (Å²) in [4.78, 5) is 38.7. The summed E-state index contributed by atoms with van der Waals surface area (Å²) in [5, 5.41) is 5.30. The third-order valence-corrected chi connectivity index (χ3v) is 4.46. The van der Waals surface area contributed by atoms with E-state index in [9.17, 15) is 14.4 Å². The van der Waals surface area contributed by atoms with Gasteiger partial charge < -0.3 is 20.3 Å². The van der Waals surface area contributed by atoms with Gasteiger partial charge in [0.15, 0.2) is 0 Å². The summed E-state index contributed by atoms with van der Waals surface area (Å²) in [5.74, 6) is -0.722. The van der Waals surface area contributed by atoms with Crippen molar-refractivity contribution in [3.63, 3.8) is 0 Å². The van der Waals surface area contributed by atoms with Crippen molar-refractivity contribution in [1.29, 1.82) is 0 Å². The van der Waals surface area contributed by atoms with Crippen LogP contribution in [0.15, 0.2) is 24.3 Å². The fourth-order valence-electron chi connectivity index (χ4n) is 2.97. The minimum atomic E-state index is -0.759. The van der Waals surface area contributed by atoms with Crippen molar-refractivity contribution in [3.8, 4) is 0 Å². The zero-order valence-electron chi connectivity index (χ0n) is 15.6. The first kappa shape index (κ1) is 19.8. The van der Waals surface area contributed by atoms with Gasteiger partial charge in [-0.3, -0.25) is 4.79 Å². The normalized spacial score (nSPS) is 15.3. The highest BCUT2D eigenvalue weighted by molar-refractivity contribution is 6.03. The number of urea groups is 1. The molecule has 0 saturated carbocycles. The molecule has 0 bridgehead atoms. The first-order valence-electron chi connectivity index (χ1n) is 8.97. The zero-order valence-corrected chi connectivity index (χ0v) is 15.6. The van der Waals surface area contributed by atoms with E-state index < -0.39 is 18.0 Å². The number of amides is 3. The van der Waals surface area contributed by atoms with Crippen molar-refractivity contribution in [1.82, 2.24) is 10.2 Å². The van der Waals surface area contributed by atoms with Crippen LogP contribution in [0.2, 0.25) is 0 Å². The van der Waals surface area contributed by atoms with E-state index in [2.05, 4.69) is 10.6 Å². The van der Waals surface area contributed by atoms with Gasteiger partial charge >= 0.3 is 12.0 Å². The maximum atomic E-state index is 12.8. The lowest BCUT2D eigenvalue weighted by atomic mass is 10.1. The Balaban J connectivity index is 2.10. The van der Waals surface area contributed by atoms with E-state index in [0.29, 0.717) is 11.3 Å².